The van der Waals surface area contributed by atoms with Crippen molar-refractivity contribution in [1.29, 1.82) is 0 Å². The average molecular weight is 326 g/mol. The monoisotopic (exact) mass is 326 g/mol. The number of rotatable bonds is 4. The summed E-state index contributed by atoms with van der Waals surface area (Å²) < 4.78 is 11.0. The van der Waals surface area contributed by atoms with Crippen LogP contribution in [0.3, 0.4) is 0 Å². The van der Waals surface area contributed by atoms with E-state index < -0.39 is 0 Å². The molecule has 1 heterocycles. The van der Waals surface area contributed by atoms with Crippen LogP contribution in [0.25, 0.3) is 0 Å². The summed E-state index contributed by atoms with van der Waals surface area (Å²) in [5.41, 5.74) is 3.00. The number of carbonyl (C=O) groups is 1. The van der Waals surface area contributed by atoms with Crippen molar-refractivity contribution in [3.63, 3.8) is 0 Å². The molecule has 1 aliphatic heterocycles. The third-order valence-electron chi connectivity index (χ3n) is 4.16. The molecule has 0 radical (unpaired) electrons. The third kappa shape index (κ3) is 3.62. The van der Waals surface area contributed by atoms with E-state index in [1.54, 1.807) is 7.11 Å². The van der Waals surface area contributed by atoms with Gasteiger partial charge in [-0.15, -0.1) is 0 Å². The van der Waals surface area contributed by atoms with Gasteiger partial charge in [0.2, 0.25) is 0 Å². The van der Waals surface area contributed by atoms with E-state index in [-0.39, 0.29) is 12.1 Å². The predicted molar refractivity (Wildman–Crippen MR) is 94.0 cm³/mol. The summed E-state index contributed by atoms with van der Waals surface area (Å²) in [6, 6.07) is 13.3. The van der Waals surface area contributed by atoms with Crippen molar-refractivity contribution in [2.75, 3.05) is 19.0 Å². The Hall–Kier alpha value is -2.69. The smallest absolute Gasteiger partial charge is 0.319 e. The fourth-order valence-corrected chi connectivity index (χ4v) is 2.88. The highest BCUT2D eigenvalue weighted by Crippen LogP contribution is 2.28. The minimum absolute atomic E-state index is 0.0709. The summed E-state index contributed by atoms with van der Waals surface area (Å²) in [4.78, 5) is 12.3. The van der Waals surface area contributed by atoms with Crippen molar-refractivity contribution < 1.29 is 14.3 Å². The van der Waals surface area contributed by atoms with Crippen molar-refractivity contribution in [1.82, 2.24) is 5.32 Å². The number of hydrogen-bond donors (Lipinski definition) is 2. The van der Waals surface area contributed by atoms with Gasteiger partial charge < -0.3 is 20.1 Å². The van der Waals surface area contributed by atoms with Gasteiger partial charge in [-0.05, 0) is 48.2 Å². The molecule has 0 aromatic heterocycles. The number of carbonyl (C=O) groups excluding carboxylic acids is 1. The first-order chi connectivity index (χ1) is 11.7. The minimum Gasteiger partial charge on any atom is -0.497 e. The minimum atomic E-state index is -0.212. The molecule has 5 heteroatoms. The molecule has 0 saturated carbocycles. The van der Waals surface area contributed by atoms with Gasteiger partial charge in [-0.2, -0.15) is 0 Å². The lowest BCUT2D eigenvalue weighted by Crippen LogP contribution is -2.44. The Morgan fingerprint density at radius 1 is 1.29 bits per heavy atom. The highest BCUT2D eigenvalue weighted by atomic mass is 16.5. The molecule has 0 aliphatic carbocycles. The molecule has 24 heavy (non-hydrogen) atoms. The zero-order chi connectivity index (χ0) is 16.9. The second kappa shape index (κ2) is 7.25. The van der Waals surface area contributed by atoms with Crippen LogP contribution < -0.4 is 20.1 Å². The molecule has 0 spiro atoms. The summed E-state index contributed by atoms with van der Waals surface area (Å²) in [7, 11) is 1.64. The number of benzene rings is 2. The molecule has 1 aliphatic rings. The van der Waals surface area contributed by atoms with Gasteiger partial charge in [-0.25, -0.2) is 4.79 Å². The normalized spacial score (nSPS) is 15.8. The standard InChI is InChI=1S/C19H22N2O3/c1-3-13-6-4-5-7-17(13)21-19(22)20-15-10-14-11-16(23-2)8-9-18(14)24-12-15/h4-9,11,15H,3,10,12H2,1-2H3,(H2,20,21,22)/t15-/m0/s1. The van der Waals surface area contributed by atoms with E-state index in [2.05, 4.69) is 17.6 Å². The second-order valence-corrected chi connectivity index (χ2v) is 5.79. The number of fused-ring (bicyclic) bond motifs is 1. The van der Waals surface area contributed by atoms with Gasteiger partial charge >= 0.3 is 6.03 Å². The number of ether oxygens (including phenoxy) is 2. The van der Waals surface area contributed by atoms with Gasteiger partial charge in [-0.3, -0.25) is 0 Å². The predicted octanol–water partition coefficient (Wildman–Crippen LogP) is 3.38. The van der Waals surface area contributed by atoms with E-state index in [0.29, 0.717) is 6.61 Å². The summed E-state index contributed by atoms with van der Waals surface area (Å²) in [6.45, 7) is 2.53. The maximum absolute atomic E-state index is 12.3. The van der Waals surface area contributed by atoms with Crippen molar-refractivity contribution >= 4 is 11.7 Å². The number of anilines is 1. The van der Waals surface area contributed by atoms with Crippen molar-refractivity contribution in [2.24, 2.45) is 0 Å². The molecular weight excluding hydrogens is 304 g/mol. The van der Waals surface area contributed by atoms with Gasteiger partial charge in [0.05, 0.1) is 13.2 Å². The van der Waals surface area contributed by atoms with Crippen LogP contribution in [0.5, 0.6) is 11.5 Å². The van der Waals surface area contributed by atoms with E-state index >= 15 is 0 Å². The van der Waals surface area contributed by atoms with Crippen LogP contribution in [0.4, 0.5) is 10.5 Å². The number of amides is 2. The lowest BCUT2D eigenvalue weighted by Gasteiger charge is -2.26. The Balaban J connectivity index is 1.63. The van der Waals surface area contributed by atoms with Gasteiger partial charge in [0.1, 0.15) is 18.1 Å². The molecule has 2 amide bonds. The van der Waals surface area contributed by atoms with Gasteiger partial charge in [-0.1, -0.05) is 25.1 Å². The fourth-order valence-electron chi connectivity index (χ4n) is 2.88. The van der Waals surface area contributed by atoms with Crippen LogP contribution in [0.15, 0.2) is 42.5 Å². The number of aryl methyl sites for hydroxylation is 1. The van der Waals surface area contributed by atoms with Gasteiger partial charge in [0.15, 0.2) is 0 Å². The Labute approximate surface area is 142 Å². The molecule has 2 aromatic rings. The van der Waals surface area contributed by atoms with E-state index in [1.807, 2.05) is 42.5 Å². The zero-order valence-corrected chi connectivity index (χ0v) is 14.0. The molecule has 0 saturated heterocycles. The van der Waals surface area contributed by atoms with Crippen molar-refractivity contribution in [3.05, 3.63) is 53.6 Å². The Kier molecular flexibility index (Phi) is 4.89. The van der Waals surface area contributed by atoms with Gasteiger partial charge in [0.25, 0.3) is 0 Å². The number of nitrogens with one attached hydrogen (secondary N) is 2. The zero-order valence-electron chi connectivity index (χ0n) is 14.0. The van der Waals surface area contributed by atoms with Crippen molar-refractivity contribution in [2.45, 2.75) is 25.8 Å². The van der Waals surface area contributed by atoms with Crippen molar-refractivity contribution in [3.8, 4) is 11.5 Å². The number of methoxy groups -OCH3 is 1. The SMILES string of the molecule is CCc1ccccc1NC(=O)N[C@@H]1COc2ccc(OC)cc2C1. The summed E-state index contributed by atoms with van der Waals surface area (Å²) in [6.07, 6.45) is 1.59. The first-order valence-corrected chi connectivity index (χ1v) is 8.14. The largest absolute Gasteiger partial charge is 0.497 e. The lowest BCUT2D eigenvalue weighted by atomic mass is 10.0. The molecule has 126 valence electrons. The van der Waals surface area contributed by atoms with Crippen LogP contribution >= 0.6 is 0 Å². The quantitative estimate of drug-likeness (QED) is 0.905. The second-order valence-electron chi connectivity index (χ2n) is 5.79. The maximum atomic E-state index is 12.3. The first-order valence-electron chi connectivity index (χ1n) is 8.14. The number of urea groups is 1. The van der Waals surface area contributed by atoms with E-state index in [0.717, 1.165) is 41.2 Å². The molecular formula is C19H22N2O3. The fraction of sp³-hybridized carbons (Fsp3) is 0.316. The maximum Gasteiger partial charge on any atom is 0.319 e. The third-order valence-corrected chi connectivity index (χ3v) is 4.16. The molecule has 0 bridgehead atoms. The number of para-hydroxylation sites is 1. The van der Waals surface area contributed by atoms with Crippen LogP contribution in [0.2, 0.25) is 0 Å². The Bertz CT molecular complexity index is 730. The lowest BCUT2D eigenvalue weighted by molar-refractivity contribution is 0.222. The van der Waals surface area contributed by atoms with E-state index in [4.69, 9.17) is 9.47 Å². The van der Waals surface area contributed by atoms with Crippen LogP contribution in [-0.2, 0) is 12.8 Å². The molecule has 1 atom stereocenters. The summed E-state index contributed by atoms with van der Waals surface area (Å²) in [5, 5.41) is 5.91. The molecule has 3 rings (SSSR count). The van der Waals surface area contributed by atoms with Crippen LogP contribution in [-0.4, -0.2) is 25.8 Å². The number of hydrogen-bond acceptors (Lipinski definition) is 3. The summed E-state index contributed by atoms with van der Waals surface area (Å²) in [5.74, 6) is 1.64. The summed E-state index contributed by atoms with van der Waals surface area (Å²) >= 11 is 0. The Morgan fingerprint density at radius 3 is 2.92 bits per heavy atom. The van der Waals surface area contributed by atoms with Crippen LogP contribution in [0, 0.1) is 0 Å². The van der Waals surface area contributed by atoms with Crippen LogP contribution in [0.1, 0.15) is 18.1 Å². The molecule has 0 fully saturated rings. The molecule has 2 aromatic carbocycles. The Morgan fingerprint density at radius 2 is 2.12 bits per heavy atom. The molecule has 0 unspecified atom stereocenters. The topological polar surface area (TPSA) is 59.6 Å². The average Bonchev–Trinajstić information content (AvgIpc) is 2.61. The highest BCUT2D eigenvalue weighted by Gasteiger charge is 2.22. The van der Waals surface area contributed by atoms with E-state index in [9.17, 15) is 4.79 Å². The van der Waals surface area contributed by atoms with Gasteiger partial charge in [0, 0.05) is 5.69 Å². The highest BCUT2D eigenvalue weighted by molar-refractivity contribution is 5.90. The van der Waals surface area contributed by atoms with E-state index in [1.165, 1.54) is 0 Å². The first kappa shape index (κ1) is 16.2. The molecule has 5 nitrogen and oxygen atoms in total. The molecule has 2 N–H and O–H groups in total.